The number of aromatic nitrogens is 1. The van der Waals surface area contributed by atoms with Crippen LogP contribution in [-0.2, 0) is 0 Å². The molecule has 1 aromatic heterocycles. The topological polar surface area (TPSA) is 62.0 Å². The quantitative estimate of drug-likeness (QED) is 0.758. The molecule has 0 aliphatic carbocycles. The number of carbonyl (C=O) groups is 1. The average molecular weight is 306 g/mol. The van der Waals surface area contributed by atoms with E-state index >= 15 is 0 Å². The van der Waals surface area contributed by atoms with Crippen LogP contribution in [-0.4, -0.2) is 10.9 Å². The third-order valence-corrected chi connectivity index (χ3v) is 4.22. The zero-order valence-corrected chi connectivity index (χ0v) is 13.4. The number of nitrogens with one attached hydrogen (secondary N) is 2. The van der Waals surface area contributed by atoms with Crippen LogP contribution in [0.5, 0.6) is 0 Å². The van der Waals surface area contributed by atoms with Gasteiger partial charge < -0.3 is 10.3 Å². The Morgan fingerprint density at radius 2 is 1.74 bits per heavy atom. The van der Waals surface area contributed by atoms with E-state index < -0.39 is 0 Å². The van der Waals surface area contributed by atoms with Crippen LogP contribution in [0, 0.1) is 20.8 Å². The number of hydrogen-bond acceptors (Lipinski definition) is 2. The molecule has 0 fully saturated rings. The summed E-state index contributed by atoms with van der Waals surface area (Å²) >= 11 is 0. The zero-order chi connectivity index (χ0) is 16.6. The number of pyridine rings is 1. The second kappa shape index (κ2) is 5.72. The van der Waals surface area contributed by atoms with Gasteiger partial charge >= 0.3 is 0 Å². The lowest BCUT2D eigenvalue weighted by Crippen LogP contribution is -2.14. The zero-order valence-electron chi connectivity index (χ0n) is 13.4. The number of aryl methyl sites for hydroxylation is 2. The van der Waals surface area contributed by atoms with Gasteiger partial charge in [-0.2, -0.15) is 0 Å². The van der Waals surface area contributed by atoms with Crippen LogP contribution in [0.1, 0.15) is 27.0 Å². The third kappa shape index (κ3) is 2.75. The maximum absolute atomic E-state index is 12.4. The second-order valence-corrected chi connectivity index (χ2v) is 5.73. The molecule has 2 aromatic carbocycles. The van der Waals surface area contributed by atoms with Gasteiger partial charge in [0.25, 0.3) is 11.5 Å². The molecule has 1 heterocycles. The summed E-state index contributed by atoms with van der Waals surface area (Å²) in [4.78, 5) is 27.1. The molecular formula is C19H18N2O2. The van der Waals surface area contributed by atoms with Crippen molar-refractivity contribution in [3.8, 4) is 0 Å². The minimum atomic E-state index is -0.159. The van der Waals surface area contributed by atoms with Crippen molar-refractivity contribution in [2.75, 3.05) is 5.32 Å². The number of amides is 1. The first-order chi connectivity index (χ1) is 11.0. The Morgan fingerprint density at radius 3 is 2.48 bits per heavy atom. The number of H-pyrrole nitrogens is 1. The van der Waals surface area contributed by atoms with E-state index in [-0.39, 0.29) is 11.5 Å². The number of rotatable bonds is 2. The minimum Gasteiger partial charge on any atom is -0.322 e. The predicted octanol–water partition coefficient (Wildman–Crippen LogP) is 3.71. The fourth-order valence-corrected chi connectivity index (χ4v) is 2.67. The molecule has 0 atom stereocenters. The maximum atomic E-state index is 12.4. The predicted molar refractivity (Wildman–Crippen MR) is 93.2 cm³/mol. The van der Waals surface area contributed by atoms with Gasteiger partial charge in [0.1, 0.15) is 0 Å². The van der Waals surface area contributed by atoms with E-state index in [2.05, 4.69) is 10.3 Å². The third-order valence-electron chi connectivity index (χ3n) is 4.22. The highest BCUT2D eigenvalue weighted by Crippen LogP contribution is 2.21. The van der Waals surface area contributed by atoms with Crippen LogP contribution in [0.2, 0.25) is 0 Å². The van der Waals surface area contributed by atoms with Gasteiger partial charge in [0, 0.05) is 22.2 Å². The van der Waals surface area contributed by atoms with E-state index in [4.69, 9.17) is 0 Å². The van der Waals surface area contributed by atoms with Gasteiger partial charge in [0.2, 0.25) is 0 Å². The molecule has 0 spiro atoms. The van der Waals surface area contributed by atoms with Gasteiger partial charge in [0.15, 0.2) is 0 Å². The minimum absolute atomic E-state index is 0.0996. The van der Waals surface area contributed by atoms with E-state index in [9.17, 15) is 9.59 Å². The molecule has 0 aliphatic rings. The molecule has 0 radical (unpaired) electrons. The van der Waals surface area contributed by atoms with E-state index in [1.807, 2.05) is 51.1 Å². The Morgan fingerprint density at radius 1 is 1.00 bits per heavy atom. The molecule has 4 heteroatoms. The summed E-state index contributed by atoms with van der Waals surface area (Å²) in [5.74, 6) is -0.159. The Labute approximate surface area is 134 Å². The second-order valence-electron chi connectivity index (χ2n) is 5.73. The van der Waals surface area contributed by atoms with Crippen molar-refractivity contribution in [1.29, 1.82) is 0 Å². The largest absolute Gasteiger partial charge is 0.322 e. The molecule has 0 saturated heterocycles. The number of hydrogen-bond donors (Lipinski definition) is 2. The van der Waals surface area contributed by atoms with Crippen LogP contribution < -0.4 is 10.9 Å². The first-order valence-corrected chi connectivity index (χ1v) is 7.47. The Kier molecular flexibility index (Phi) is 3.74. The number of benzene rings is 2. The SMILES string of the molecule is Cc1ccccc1C(=O)Nc1ccc2c(C)c(C)c(=O)[nH]c2c1. The highest BCUT2D eigenvalue weighted by molar-refractivity contribution is 6.06. The summed E-state index contributed by atoms with van der Waals surface area (Å²) in [5, 5.41) is 3.87. The van der Waals surface area contributed by atoms with E-state index in [0.717, 1.165) is 22.0 Å². The Bertz CT molecular complexity index is 971. The monoisotopic (exact) mass is 306 g/mol. The molecule has 0 aliphatic heterocycles. The van der Waals surface area contributed by atoms with Crippen molar-refractivity contribution in [1.82, 2.24) is 4.98 Å². The lowest BCUT2D eigenvalue weighted by molar-refractivity contribution is 0.102. The maximum Gasteiger partial charge on any atom is 0.255 e. The van der Waals surface area contributed by atoms with E-state index in [1.54, 1.807) is 12.1 Å². The average Bonchev–Trinajstić information content (AvgIpc) is 2.53. The van der Waals surface area contributed by atoms with Gasteiger partial charge in [-0.3, -0.25) is 9.59 Å². The summed E-state index contributed by atoms with van der Waals surface area (Å²) < 4.78 is 0. The molecule has 3 rings (SSSR count). The molecule has 1 amide bonds. The van der Waals surface area contributed by atoms with Crippen molar-refractivity contribution in [2.24, 2.45) is 0 Å². The lowest BCUT2D eigenvalue weighted by Gasteiger charge is -2.10. The molecule has 116 valence electrons. The highest BCUT2D eigenvalue weighted by atomic mass is 16.1. The lowest BCUT2D eigenvalue weighted by atomic mass is 10.0. The van der Waals surface area contributed by atoms with Crippen molar-refractivity contribution < 1.29 is 4.79 Å². The van der Waals surface area contributed by atoms with Crippen molar-refractivity contribution >= 4 is 22.5 Å². The summed E-state index contributed by atoms with van der Waals surface area (Å²) in [6.45, 7) is 5.64. The van der Waals surface area contributed by atoms with Crippen LogP contribution in [0.4, 0.5) is 5.69 Å². The van der Waals surface area contributed by atoms with Crippen molar-refractivity contribution in [2.45, 2.75) is 20.8 Å². The number of carbonyl (C=O) groups excluding carboxylic acids is 1. The summed E-state index contributed by atoms with van der Waals surface area (Å²) in [6.07, 6.45) is 0. The Hall–Kier alpha value is -2.88. The standard InChI is InChI=1S/C19H18N2O2/c1-11-6-4-5-7-15(11)19(23)20-14-8-9-16-12(2)13(3)18(22)21-17(16)10-14/h4-10H,1-3H3,(H,20,23)(H,21,22). The molecular weight excluding hydrogens is 288 g/mol. The van der Waals surface area contributed by atoms with Gasteiger partial charge in [-0.25, -0.2) is 0 Å². The molecule has 0 bridgehead atoms. The molecule has 0 saturated carbocycles. The van der Waals surface area contributed by atoms with Gasteiger partial charge in [-0.1, -0.05) is 24.3 Å². The number of anilines is 1. The number of fused-ring (bicyclic) bond motifs is 1. The van der Waals surface area contributed by atoms with Gasteiger partial charge in [0.05, 0.1) is 5.52 Å². The fourth-order valence-electron chi connectivity index (χ4n) is 2.67. The normalized spacial score (nSPS) is 10.7. The summed E-state index contributed by atoms with van der Waals surface area (Å²) in [6, 6.07) is 13.0. The van der Waals surface area contributed by atoms with Crippen LogP contribution in [0.15, 0.2) is 47.3 Å². The van der Waals surface area contributed by atoms with Crippen molar-refractivity contribution in [3.05, 3.63) is 75.1 Å². The molecule has 23 heavy (non-hydrogen) atoms. The van der Waals surface area contributed by atoms with Crippen molar-refractivity contribution in [3.63, 3.8) is 0 Å². The molecule has 3 aromatic rings. The van der Waals surface area contributed by atoms with Gasteiger partial charge in [-0.15, -0.1) is 0 Å². The van der Waals surface area contributed by atoms with E-state index in [0.29, 0.717) is 16.8 Å². The first-order valence-electron chi connectivity index (χ1n) is 7.47. The Balaban J connectivity index is 1.99. The highest BCUT2D eigenvalue weighted by Gasteiger charge is 2.10. The molecule has 0 unspecified atom stereocenters. The van der Waals surface area contributed by atoms with Gasteiger partial charge in [-0.05, 0) is 50.1 Å². The van der Waals surface area contributed by atoms with Crippen LogP contribution in [0.3, 0.4) is 0 Å². The smallest absolute Gasteiger partial charge is 0.255 e. The molecule has 2 N–H and O–H groups in total. The molecule has 4 nitrogen and oxygen atoms in total. The van der Waals surface area contributed by atoms with Crippen LogP contribution in [0.25, 0.3) is 10.9 Å². The van der Waals surface area contributed by atoms with E-state index in [1.165, 1.54) is 0 Å². The number of aromatic amines is 1. The summed E-state index contributed by atoms with van der Waals surface area (Å²) in [7, 11) is 0. The first kappa shape index (κ1) is 15.0. The van der Waals surface area contributed by atoms with Crippen LogP contribution >= 0.6 is 0 Å². The summed E-state index contributed by atoms with van der Waals surface area (Å²) in [5.41, 5.74) is 4.52. The fraction of sp³-hybridized carbons (Fsp3) is 0.158.